The van der Waals surface area contributed by atoms with Crippen LogP contribution in [0.5, 0.6) is 0 Å². The van der Waals surface area contributed by atoms with Crippen molar-refractivity contribution >= 4 is 5.97 Å². The molecular weight excluding hydrogens is 336 g/mol. The zero-order chi connectivity index (χ0) is 19.1. The van der Waals surface area contributed by atoms with Gasteiger partial charge in [-0.2, -0.15) is 0 Å². The molecule has 3 heteroatoms. The first-order chi connectivity index (χ1) is 13.2. The summed E-state index contributed by atoms with van der Waals surface area (Å²) in [5.41, 5.74) is 3.04. The standard InChI is InChI=1S/C24H22O3/c1-3-26-24(25)17-21-16-23(20-12-8-5-9-13-20)22(18(2)27-21)15-14-19-10-6-4-7-11-19/h4-13,17,23H,3,16H2,1-2H3/b21-17+/t23-/m0/s1. The fourth-order valence-electron chi connectivity index (χ4n) is 3.05. The molecule has 0 aromatic heterocycles. The summed E-state index contributed by atoms with van der Waals surface area (Å²) in [6, 6.07) is 20.0. The predicted molar refractivity (Wildman–Crippen MR) is 106 cm³/mol. The van der Waals surface area contributed by atoms with Crippen LogP contribution in [-0.2, 0) is 14.3 Å². The van der Waals surface area contributed by atoms with Crippen LogP contribution >= 0.6 is 0 Å². The summed E-state index contributed by atoms with van der Waals surface area (Å²) in [6.07, 6.45) is 2.00. The molecule has 1 aliphatic rings. The smallest absolute Gasteiger partial charge is 0.334 e. The van der Waals surface area contributed by atoms with Crippen molar-refractivity contribution in [3.8, 4) is 11.8 Å². The second-order valence-corrected chi connectivity index (χ2v) is 6.22. The van der Waals surface area contributed by atoms with Gasteiger partial charge in [-0.25, -0.2) is 4.79 Å². The third-order valence-corrected chi connectivity index (χ3v) is 4.30. The molecule has 136 valence electrons. The van der Waals surface area contributed by atoms with E-state index in [4.69, 9.17) is 9.47 Å². The minimum atomic E-state index is -0.383. The van der Waals surface area contributed by atoms with Crippen molar-refractivity contribution in [2.75, 3.05) is 6.61 Å². The summed E-state index contributed by atoms with van der Waals surface area (Å²) in [7, 11) is 0. The minimum absolute atomic E-state index is 0.0387. The highest BCUT2D eigenvalue weighted by atomic mass is 16.5. The van der Waals surface area contributed by atoms with Crippen molar-refractivity contribution in [1.29, 1.82) is 0 Å². The highest BCUT2D eigenvalue weighted by molar-refractivity contribution is 5.82. The number of hydrogen-bond acceptors (Lipinski definition) is 3. The first-order valence-corrected chi connectivity index (χ1v) is 9.05. The fraction of sp³-hybridized carbons (Fsp3) is 0.208. The number of ether oxygens (including phenoxy) is 2. The molecule has 1 atom stereocenters. The second kappa shape index (κ2) is 8.91. The Morgan fingerprint density at radius 1 is 1.11 bits per heavy atom. The third-order valence-electron chi connectivity index (χ3n) is 4.30. The quantitative estimate of drug-likeness (QED) is 0.442. The number of allylic oxidation sites excluding steroid dienone is 3. The molecule has 27 heavy (non-hydrogen) atoms. The van der Waals surface area contributed by atoms with Gasteiger partial charge in [0.25, 0.3) is 0 Å². The molecule has 0 aliphatic carbocycles. The number of benzene rings is 2. The van der Waals surface area contributed by atoms with Crippen LogP contribution < -0.4 is 0 Å². The van der Waals surface area contributed by atoms with Gasteiger partial charge in [0.1, 0.15) is 11.5 Å². The molecule has 0 saturated carbocycles. The van der Waals surface area contributed by atoms with Gasteiger partial charge in [0.2, 0.25) is 0 Å². The first kappa shape index (κ1) is 18.5. The Labute approximate surface area is 160 Å². The van der Waals surface area contributed by atoms with Gasteiger partial charge in [0, 0.05) is 23.5 Å². The lowest BCUT2D eigenvalue weighted by Gasteiger charge is -2.27. The second-order valence-electron chi connectivity index (χ2n) is 6.22. The predicted octanol–water partition coefficient (Wildman–Crippen LogP) is 4.96. The molecule has 0 N–H and O–H groups in total. The van der Waals surface area contributed by atoms with Crippen molar-refractivity contribution in [2.45, 2.75) is 26.2 Å². The Bertz CT molecular complexity index is 912. The maximum Gasteiger partial charge on any atom is 0.334 e. The fourth-order valence-corrected chi connectivity index (χ4v) is 3.05. The number of rotatable bonds is 3. The van der Waals surface area contributed by atoms with E-state index in [2.05, 4.69) is 24.0 Å². The van der Waals surface area contributed by atoms with Crippen LogP contribution in [0.2, 0.25) is 0 Å². The molecule has 2 aromatic carbocycles. The lowest BCUT2D eigenvalue weighted by atomic mass is 9.85. The average Bonchev–Trinajstić information content (AvgIpc) is 2.68. The lowest BCUT2D eigenvalue weighted by molar-refractivity contribution is -0.137. The summed E-state index contributed by atoms with van der Waals surface area (Å²) in [5, 5.41) is 0. The molecule has 3 nitrogen and oxygen atoms in total. The van der Waals surface area contributed by atoms with Gasteiger partial charge in [-0.05, 0) is 31.5 Å². The van der Waals surface area contributed by atoms with E-state index in [1.165, 1.54) is 6.08 Å². The molecule has 0 saturated heterocycles. The van der Waals surface area contributed by atoms with Gasteiger partial charge in [-0.1, -0.05) is 60.4 Å². The molecule has 0 unspecified atom stereocenters. The highest BCUT2D eigenvalue weighted by Gasteiger charge is 2.26. The zero-order valence-corrected chi connectivity index (χ0v) is 15.6. The number of hydrogen-bond donors (Lipinski definition) is 0. The van der Waals surface area contributed by atoms with Crippen LogP contribution in [0.1, 0.15) is 37.3 Å². The Morgan fingerprint density at radius 3 is 2.44 bits per heavy atom. The van der Waals surface area contributed by atoms with E-state index in [9.17, 15) is 4.79 Å². The van der Waals surface area contributed by atoms with Crippen molar-refractivity contribution in [2.24, 2.45) is 0 Å². The van der Waals surface area contributed by atoms with Gasteiger partial charge in [-0.15, -0.1) is 0 Å². The topological polar surface area (TPSA) is 35.5 Å². The van der Waals surface area contributed by atoms with Crippen LogP contribution in [0.15, 0.2) is 83.8 Å². The minimum Gasteiger partial charge on any atom is -0.465 e. The molecule has 3 rings (SSSR count). The molecule has 0 radical (unpaired) electrons. The molecule has 0 spiro atoms. The van der Waals surface area contributed by atoms with Gasteiger partial charge < -0.3 is 9.47 Å². The number of carbonyl (C=O) groups excluding carboxylic acids is 1. The summed E-state index contributed by atoms with van der Waals surface area (Å²) in [6.45, 7) is 4.02. The summed E-state index contributed by atoms with van der Waals surface area (Å²) in [5.74, 6) is 7.49. The van der Waals surface area contributed by atoms with Crippen LogP contribution in [0.3, 0.4) is 0 Å². The molecular formula is C24H22O3. The molecule has 0 amide bonds. The van der Waals surface area contributed by atoms with E-state index < -0.39 is 0 Å². The maximum atomic E-state index is 11.8. The largest absolute Gasteiger partial charge is 0.465 e. The van der Waals surface area contributed by atoms with E-state index in [0.717, 1.165) is 16.7 Å². The van der Waals surface area contributed by atoms with Gasteiger partial charge in [-0.3, -0.25) is 0 Å². The SMILES string of the molecule is CCOC(=O)/C=C1\C[C@@H](c2ccccc2)C(C#Cc2ccccc2)=C(C)O1. The molecule has 0 fully saturated rings. The van der Waals surface area contributed by atoms with E-state index in [1.54, 1.807) is 6.92 Å². The van der Waals surface area contributed by atoms with Gasteiger partial charge >= 0.3 is 5.97 Å². The number of esters is 1. The Hall–Kier alpha value is -3.25. The Morgan fingerprint density at radius 2 is 1.78 bits per heavy atom. The van der Waals surface area contributed by atoms with Gasteiger partial charge in [0.15, 0.2) is 0 Å². The van der Waals surface area contributed by atoms with Crippen LogP contribution in [0.25, 0.3) is 0 Å². The van der Waals surface area contributed by atoms with E-state index >= 15 is 0 Å². The lowest BCUT2D eigenvalue weighted by Crippen LogP contribution is -2.14. The molecule has 1 heterocycles. The third kappa shape index (κ3) is 4.89. The van der Waals surface area contributed by atoms with E-state index in [1.807, 2.05) is 55.5 Å². The summed E-state index contributed by atoms with van der Waals surface area (Å²) in [4.78, 5) is 11.8. The average molecular weight is 358 g/mol. The Balaban J connectivity index is 1.98. The highest BCUT2D eigenvalue weighted by Crippen LogP contribution is 2.38. The number of carbonyl (C=O) groups is 1. The van der Waals surface area contributed by atoms with Crippen molar-refractivity contribution in [3.63, 3.8) is 0 Å². The van der Waals surface area contributed by atoms with Crippen LogP contribution in [0, 0.1) is 11.8 Å². The van der Waals surface area contributed by atoms with E-state index in [-0.39, 0.29) is 11.9 Å². The van der Waals surface area contributed by atoms with E-state index in [0.29, 0.717) is 24.5 Å². The van der Waals surface area contributed by atoms with Crippen molar-refractivity contribution in [3.05, 3.63) is 95.0 Å². The van der Waals surface area contributed by atoms with Crippen LogP contribution in [-0.4, -0.2) is 12.6 Å². The summed E-state index contributed by atoms with van der Waals surface area (Å²) < 4.78 is 10.9. The Kier molecular flexibility index (Phi) is 6.12. The summed E-state index contributed by atoms with van der Waals surface area (Å²) >= 11 is 0. The zero-order valence-electron chi connectivity index (χ0n) is 15.6. The van der Waals surface area contributed by atoms with Crippen LogP contribution in [0.4, 0.5) is 0 Å². The molecule has 2 aromatic rings. The molecule has 0 bridgehead atoms. The van der Waals surface area contributed by atoms with Crippen molar-refractivity contribution < 1.29 is 14.3 Å². The van der Waals surface area contributed by atoms with Crippen molar-refractivity contribution in [1.82, 2.24) is 0 Å². The maximum absolute atomic E-state index is 11.8. The molecule has 1 aliphatic heterocycles. The monoisotopic (exact) mass is 358 g/mol. The van der Waals surface area contributed by atoms with Gasteiger partial charge in [0.05, 0.1) is 12.7 Å². The first-order valence-electron chi connectivity index (χ1n) is 9.05. The normalized spacial score (nSPS) is 17.7.